The smallest absolute Gasteiger partial charge is 0.223 e. The minimum absolute atomic E-state index is 0. The predicted octanol–water partition coefficient (Wildman–Crippen LogP) is 4.15. The number of anilines is 1. The van der Waals surface area contributed by atoms with Crippen LogP contribution < -0.4 is 20.5 Å². The van der Waals surface area contributed by atoms with Gasteiger partial charge in [-0.25, -0.2) is 0 Å². The molecule has 1 amide bonds. The Kier molecular flexibility index (Phi) is 9.90. The summed E-state index contributed by atoms with van der Waals surface area (Å²) in [7, 11) is 0. The highest BCUT2D eigenvalue weighted by atomic mass is 127. The fourth-order valence-corrected chi connectivity index (χ4v) is 3.42. The lowest BCUT2D eigenvalue weighted by atomic mass is 10.1. The van der Waals surface area contributed by atoms with Crippen LogP contribution in [-0.2, 0) is 17.9 Å². The molecule has 3 rings (SSSR count). The van der Waals surface area contributed by atoms with E-state index in [4.69, 9.17) is 15.2 Å². The highest BCUT2D eigenvalue weighted by molar-refractivity contribution is 14.0. The maximum atomic E-state index is 12.5. The highest BCUT2D eigenvalue weighted by Crippen LogP contribution is 2.29. The van der Waals surface area contributed by atoms with Gasteiger partial charge < -0.3 is 25.4 Å². The van der Waals surface area contributed by atoms with Crippen molar-refractivity contribution >= 4 is 41.5 Å². The minimum Gasteiger partial charge on any atom is -0.494 e. The molecule has 0 saturated heterocycles. The lowest BCUT2D eigenvalue weighted by Crippen LogP contribution is -2.25. The molecule has 8 heteroatoms. The van der Waals surface area contributed by atoms with Crippen molar-refractivity contribution in [3.05, 3.63) is 53.6 Å². The maximum Gasteiger partial charge on any atom is 0.223 e. The van der Waals surface area contributed by atoms with E-state index in [0.717, 1.165) is 5.75 Å². The topological polar surface area (TPSA) is 89.2 Å². The third kappa shape index (κ3) is 7.02. The van der Waals surface area contributed by atoms with E-state index in [2.05, 4.69) is 22.4 Å². The Morgan fingerprint density at radius 3 is 2.42 bits per heavy atom. The molecule has 0 aromatic heterocycles. The van der Waals surface area contributed by atoms with Gasteiger partial charge in [-0.15, -0.1) is 24.0 Å². The van der Waals surface area contributed by atoms with Crippen molar-refractivity contribution in [1.29, 1.82) is 0 Å². The fourth-order valence-electron chi connectivity index (χ4n) is 3.42. The summed E-state index contributed by atoms with van der Waals surface area (Å²) in [4.78, 5) is 18.7. The van der Waals surface area contributed by atoms with Crippen molar-refractivity contribution in [1.82, 2.24) is 4.90 Å². The van der Waals surface area contributed by atoms with Gasteiger partial charge in [0.15, 0.2) is 5.96 Å². The second kappa shape index (κ2) is 12.4. The van der Waals surface area contributed by atoms with Gasteiger partial charge in [-0.3, -0.25) is 9.79 Å². The van der Waals surface area contributed by atoms with Crippen molar-refractivity contribution in [2.75, 3.05) is 25.1 Å². The van der Waals surface area contributed by atoms with Gasteiger partial charge in [0.25, 0.3) is 0 Å². The quantitative estimate of drug-likeness (QED) is 0.217. The first-order valence-corrected chi connectivity index (χ1v) is 10.4. The summed E-state index contributed by atoms with van der Waals surface area (Å²) in [5.74, 6) is 1.85. The number of nitrogens with one attached hydrogen (secondary N) is 1. The zero-order valence-corrected chi connectivity index (χ0v) is 20.4. The molecule has 2 aromatic carbocycles. The molecule has 1 aliphatic rings. The van der Waals surface area contributed by atoms with Gasteiger partial charge in [0.1, 0.15) is 11.5 Å². The van der Waals surface area contributed by atoms with Gasteiger partial charge in [-0.05, 0) is 43.5 Å². The zero-order valence-electron chi connectivity index (χ0n) is 18.1. The Balaban J connectivity index is 0.00000341. The second-order valence-corrected chi connectivity index (χ2v) is 7.04. The molecule has 2 aromatic rings. The molecule has 0 saturated carbocycles. The number of halogens is 1. The molecular formula is C23H31IN4O3. The molecule has 1 heterocycles. The molecule has 1 aliphatic heterocycles. The van der Waals surface area contributed by atoms with E-state index in [1.807, 2.05) is 49.1 Å². The van der Waals surface area contributed by atoms with Crippen molar-refractivity contribution in [3.8, 4) is 11.5 Å². The summed E-state index contributed by atoms with van der Waals surface area (Å²) in [6, 6.07) is 13.7. The van der Waals surface area contributed by atoms with Crippen LogP contribution in [0.25, 0.3) is 0 Å². The summed E-state index contributed by atoms with van der Waals surface area (Å²) in [5, 5.41) is 3.08. The van der Waals surface area contributed by atoms with Crippen molar-refractivity contribution < 1.29 is 14.3 Å². The zero-order chi connectivity index (χ0) is 21.3. The Morgan fingerprint density at radius 2 is 1.77 bits per heavy atom. The molecule has 0 unspecified atom stereocenters. The number of nitrogens with two attached hydrogens (primary N) is 1. The molecule has 0 radical (unpaired) electrons. The van der Waals surface area contributed by atoms with E-state index in [1.54, 1.807) is 0 Å². The summed E-state index contributed by atoms with van der Waals surface area (Å²) in [6.45, 7) is 6.83. The molecule has 0 atom stereocenters. The average molecular weight is 538 g/mol. The third-order valence-electron chi connectivity index (χ3n) is 4.85. The van der Waals surface area contributed by atoms with Crippen LogP contribution in [-0.4, -0.2) is 36.5 Å². The Morgan fingerprint density at radius 1 is 1.10 bits per heavy atom. The number of hydrogen-bond acceptors (Lipinski definition) is 4. The number of carbonyl (C=O) groups is 1. The number of benzene rings is 2. The first-order chi connectivity index (χ1) is 14.6. The fraction of sp³-hybridized carbons (Fsp3) is 0.391. The van der Waals surface area contributed by atoms with Gasteiger partial charge >= 0.3 is 0 Å². The summed E-state index contributed by atoms with van der Waals surface area (Å²) < 4.78 is 11.2. The largest absolute Gasteiger partial charge is 0.494 e. The first kappa shape index (κ1) is 24.8. The van der Waals surface area contributed by atoms with Gasteiger partial charge in [-0.1, -0.05) is 24.3 Å². The first-order valence-electron chi connectivity index (χ1n) is 10.4. The van der Waals surface area contributed by atoms with Crippen LogP contribution in [0.2, 0.25) is 0 Å². The molecule has 0 spiro atoms. The molecule has 31 heavy (non-hydrogen) atoms. The molecule has 168 valence electrons. The van der Waals surface area contributed by atoms with Crippen LogP contribution >= 0.6 is 24.0 Å². The van der Waals surface area contributed by atoms with E-state index < -0.39 is 0 Å². The number of hydrogen-bond donors (Lipinski definition) is 2. The van der Waals surface area contributed by atoms with Gasteiger partial charge in [0.2, 0.25) is 5.91 Å². The number of ether oxygens (including phenoxy) is 2. The number of nitrogens with zero attached hydrogens (tertiary/aromatic N) is 2. The van der Waals surface area contributed by atoms with Crippen LogP contribution in [0.3, 0.4) is 0 Å². The number of amides is 1. The van der Waals surface area contributed by atoms with Crippen molar-refractivity contribution in [3.63, 3.8) is 0 Å². The molecule has 0 fully saturated rings. The molecule has 7 nitrogen and oxygen atoms in total. The van der Waals surface area contributed by atoms with E-state index in [1.165, 1.54) is 11.1 Å². The van der Waals surface area contributed by atoms with Gasteiger partial charge in [-0.2, -0.15) is 0 Å². The lowest BCUT2D eigenvalue weighted by Gasteiger charge is -2.15. The Labute approximate surface area is 201 Å². The number of aliphatic imine (C=N–C) groups is 1. The Bertz CT molecular complexity index is 879. The number of guanidine groups is 1. The van der Waals surface area contributed by atoms with Crippen LogP contribution in [0.1, 0.15) is 37.8 Å². The molecular weight excluding hydrogens is 507 g/mol. The normalized spacial score (nSPS) is 12.7. The summed E-state index contributed by atoms with van der Waals surface area (Å²) in [5.41, 5.74) is 9.21. The van der Waals surface area contributed by atoms with E-state index in [9.17, 15) is 4.79 Å². The number of rotatable bonds is 9. The predicted molar refractivity (Wildman–Crippen MR) is 134 cm³/mol. The maximum absolute atomic E-state index is 12.5. The monoisotopic (exact) mass is 538 g/mol. The average Bonchev–Trinajstić information content (AvgIpc) is 3.18. The molecule has 3 N–H and O–H groups in total. The van der Waals surface area contributed by atoms with E-state index in [0.29, 0.717) is 57.1 Å². The number of fused-ring (bicyclic) bond motifs is 1. The van der Waals surface area contributed by atoms with Crippen LogP contribution in [0.4, 0.5) is 5.69 Å². The third-order valence-corrected chi connectivity index (χ3v) is 4.85. The highest BCUT2D eigenvalue weighted by Gasteiger charge is 2.22. The van der Waals surface area contributed by atoms with Gasteiger partial charge in [0, 0.05) is 32.1 Å². The minimum atomic E-state index is 0. The van der Waals surface area contributed by atoms with E-state index in [-0.39, 0.29) is 35.8 Å². The van der Waals surface area contributed by atoms with E-state index >= 15 is 0 Å². The SMILES string of the molecule is CCOc1ccc(OCC)c(NC(N)=NCCCC(=O)N2Cc3ccccc3C2)c1.I. The van der Waals surface area contributed by atoms with Crippen molar-refractivity contribution in [2.45, 2.75) is 39.8 Å². The van der Waals surface area contributed by atoms with Crippen LogP contribution in [0.5, 0.6) is 11.5 Å². The van der Waals surface area contributed by atoms with Crippen LogP contribution in [0.15, 0.2) is 47.5 Å². The molecule has 0 bridgehead atoms. The molecule has 0 aliphatic carbocycles. The van der Waals surface area contributed by atoms with Crippen LogP contribution in [0, 0.1) is 0 Å². The summed E-state index contributed by atoms with van der Waals surface area (Å²) in [6.07, 6.45) is 1.10. The number of carbonyl (C=O) groups excluding carboxylic acids is 1. The lowest BCUT2D eigenvalue weighted by molar-refractivity contribution is -0.131. The standard InChI is InChI=1S/C23H30N4O3.HI/c1-3-29-19-11-12-21(30-4-2)20(14-19)26-23(24)25-13-7-10-22(28)27-15-17-8-5-6-9-18(17)16-27;/h5-6,8-9,11-12,14H,3-4,7,10,13,15-16H2,1-2H3,(H3,24,25,26);1H. The Hall–Kier alpha value is -2.49. The summed E-state index contributed by atoms with van der Waals surface area (Å²) >= 11 is 0. The second-order valence-electron chi connectivity index (χ2n) is 7.04. The van der Waals surface area contributed by atoms with Gasteiger partial charge in [0.05, 0.1) is 18.9 Å². The van der Waals surface area contributed by atoms with Crippen molar-refractivity contribution in [2.24, 2.45) is 10.7 Å².